The Morgan fingerprint density at radius 3 is 2.60 bits per heavy atom. The van der Waals surface area contributed by atoms with Gasteiger partial charge < -0.3 is 15.0 Å². The second kappa shape index (κ2) is 7.66. The Bertz CT molecular complexity index is 836. The number of nitrogens with zero attached hydrogens (tertiary/aromatic N) is 3. The van der Waals surface area contributed by atoms with Gasteiger partial charge in [0.1, 0.15) is 11.6 Å². The van der Waals surface area contributed by atoms with Crippen LogP contribution >= 0.6 is 0 Å². The fraction of sp³-hybridized carbons (Fsp3) is 0.200. The van der Waals surface area contributed by atoms with Crippen molar-refractivity contribution >= 4 is 23.1 Å². The van der Waals surface area contributed by atoms with Crippen LogP contribution in [0.4, 0.5) is 23.1 Å². The molecule has 25 heavy (non-hydrogen) atoms. The van der Waals surface area contributed by atoms with Crippen LogP contribution in [0.1, 0.15) is 12.5 Å². The highest BCUT2D eigenvalue weighted by Crippen LogP contribution is 2.29. The van der Waals surface area contributed by atoms with Crippen LogP contribution in [-0.2, 0) is 0 Å². The van der Waals surface area contributed by atoms with Gasteiger partial charge in [-0.25, -0.2) is 4.98 Å². The number of ether oxygens (including phenoxy) is 1. The molecular formula is C20H22N4O. The highest BCUT2D eigenvalue weighted by molar-refractivity contribution is 5.65. The van der Waals surface area contributed by atoms with E-state index < -0.39 is 0 Å². The molecule has 0 bridgehead atoms. The Labute approximate surface area is 148 Å². The Morgan fingerprint density at radius 1 is 1.08 bits per heavy atom. The van der Waals surface area contributed by atoms with Gasteiger partial charge in [0.15, 0.2) is 0 Å². The molecule has 1 heterocycles. The molecule has 0 aliphatic rings. The zero-order valence-corrected chi connectivity index (χ0v) is 14.7. The van der Waals surface area contributed by atoms with Crippen molar-refractivity contribution in [2.45, 2.75) is 13.8 Å². The van der Waals surface area contributed by atoms with Gasteiger partial charge in [-0.1, -0.05) is 24.3 Å². The molecule has 0 unspecified atom stereocenters. The van der Waals surface area contributed by atoms with Gasteiger partial charge in [-0.15, -0.1) is 0 Å². The Balaban J connectivity index is 1.90. The predicted octanol–water partition coefficient (Wildman–Crippen LogP) is 4.70. The first-order chi connectivity index (χ1) is 12.2. The topological polar surface area (TPSA) is 50.3 Å². The second-order valence-corrected chi connectivity index (χ2v) is 5.65. The average Bonchev–Trinajstić information content (AvgIpc) is 2.64. The molecule has 5 nitrogen and oxygen atoms in total. The fourth-order valence-corrected chi connectivity index (χ4v) is 2.68. The number of methoxy groups -OCH3 is 1. The molecule has 5 heteroatoms. The highest BCUT2D eigenvalue weighted by Gasteiger charge is 2.11. The van der Waals surface area contributed by atoms with Gasteiger partial charge >= 0.3 is 0 Å². The summed E-state index contributed by atoms with van der Waals surface area (Å²) in [6.07, 6.45) is 1.76. The van der Waals surface area contributed by atoms with Crippen molar-refractivity contribution in [3.8, 4) is 5.75 Å². The lowest BCUT2D eigenvalue weighted by molar-refractivity contribution is 0.416. The van der Waals surface area contributed by atoms with Crippen LogP contribution in [0, 0.1) is 6.92 Å². The fourth-order valence-electron chi connectivity index (χ4n) is 2.68. The number of hydrogen-bond donors (Lipinski definition) is 1. The largest absolute Gasteiger partial charge is 0.495 e. The number of nitrogens with one attached hydrogen (secondary N) is 1. The molecular weight excluding hydrogens is 312 g/mol. The van der Waals surface area contributed by atoms with Crippen molar-refractivity contribution in [3.05, 3.63) is 66.4 Å². The van der Waals surface area contributed by atoms with E-state index in [-0.39, 0.29) is 0 Å². The molecule has 0 aliphatic carbocycles. The van der Waals surface area contributed by atoms with Crippen LogP contribution < -0.4 is 15.0 Å². The quantitative estimate of drug-likeness (QED) is 0.708. The first-order valence-electron chi connectivity index (χ1n) is 8.28. The standard InChI is InChI=1S/C20H22N4O/c1-4-24(16-8-6-5-7-9-16)19-12-13-21-20(23-19)22-17-14-15(2)10-11-18(17)25-3/h5-14H,4H2,1-3H3,(H,21,22,23). The van der Waals surface area contributed by atoms with Gasteiger partial charge in [0, 0.05) is 18.4 Å². The molecule has 0 saturated heterocycles. The first kappa shape index (κ1) is 16.8. The van der Waals surface area contributed by atoms with Crippen LogP contribution in [0.5, 0.6) is 5.75 Å². The van der Waals surface area contributed by atoms with Crippen LogP contribution in [0.15, 0.2) is 60.8 Å². The van der Waals surface area contributed by atoms with E-state index in [4.69, 9.17) is 4.74 Å². The summed E-state index contributed by atoms with van der Waals surface area (Å²) in [7, 11) is 1.65. The van der Waals surface area contributed by atoms with Crippen molar-refractivity contribution in [2.24, 2.45) is 0 Å². The van der Waals surface area contributed by atoms with E-state index in [1.54, 1.807) is 13.3 Å². The number of aromatic nitrogens is 2. The third kappa shape index (κ3) is 3.88. The maximum absolute atomic E-state index is 5.41. The molecule has 0 atom stereocenters. The maximum atomic E-state index is 5.41. The summed E-state index contributed by atoms with van der Waals surface area (Å²) in [5.74, 6) is 2.14. The smallest absolute Gasteiger partial charge is 0.229 e. The molecule has 0 saturated carbocycles. The minimum atomic E-state index is 0.538. The zero-order valence-electron chi connectivity index (χ0n) is 14.7. The van der Waals surface area contributed by atoms with E-state index in [9.17, 15) is 0 Å². The Hall–Kier alpha value is -3.08. The van der Waals surface area contributed by atoms with Crippen molar-refractivity contribution in [3.63, 3.8) is 0 Å². The summed E-state index contributed by atoms with van der Waals surface area (Å²) in [5.41, 5.74) is 3.09. The molecule has 0 aliphatic heterocycles. The van der Waals surface area contributed by atoms with E-state index in [1.807, 2.05) is 49.4 Å². The summed E-state index contributed by atoms with van der Waals surface area (Å²) >= 11 is 0. The maximum Gasteiger partial charge on any atom is 0.229 e. The van der Waals surface area contributed by atoms with Gasteiger partial charge in [-0.2, -0.15) is 4.98 Å². The monoisotopic (exact) mass is 334 g/mol. The van der Waals surface area contributed by atoms with E-state index in [0.29, 0.717) is 5.95 Å². The molecule has 0 fully saturated rings. The lowest BCUT2D eigenvalue weighted by atomic mass is 10.2. The second-order valence-electron chi connectivity index (χ2n) is 5.65. The van der Waals surface area contributed by atoms with Gasteiger partial charge in [-0.3, -0.25) is 0 Å². The molecule has 0 amide bonds. The number of anilines is 4. The van der Waals surface area contributed by atoms with Crippen molar-refractivity contribution in [1.29, 1.82) is 0 Å². The summed E-state index contributed by atoms with van der Waals surface area (Å²) in [5, 5.41) is 3.26. The van der Waals surface area contributed by atoms with E-state index >= 15 is 0 Å². The third-order valence-electron chi connectivity index (χ3n) is 3.90. The van der Waals surface area contributed by atoms with Crippen molar-refractivity contribution < 1.29 is 4.74 Å². The highest BCUT2D eigenvalue weighted by atomic mass is 16.5. The molecule has 0 radical (unpaired) electrons. The van der Waals surface area contributed by atoms with Gasteiger partial charge in [0.05, 0.1) is 12.8 Å². The number of hydrogen-bond acceptors (Lipinski definition) is 5. The normalized spacial score (nSPS) is 10.4. The summed E-state index contributed by atoms with van der Waals surface area (Å²) in [6.45, 7) is 4.95. The van der Waals surface area contributed by atoms with Gasteiger partial charge in [-0.05, 0) is 49.7 Å². The number of para-hydroxylation sites is 1. The molecule has 128 valence electrons. The summed E-state index contributed by atoms with van der Waals surface area (Å²) < 4.78 is 5.41. The van der Waals surface area contributed by atoms with Crippen LogP contribution in [0.2, 0.25) is 0 Å². The van der Waals surface area contributed by atoms with Gasteiger partial charge in [0.25, 0.3) is 0 Å². The Morgan fingerprint density at radius 2 is 1.88 bits per heavy atom. The van der Waals surface area contributed by atoms with E-state index in [2.05, 4.69) is 39.2 Å². The van der Waals surface area contributed by atoms with Gasteiger partial charge in [0.2, 0.25) is 5.95 Å². The molecule has 1 N–H and O–H groups in total. The van der Waals surface area contributed by atoms with Crippen LogP contribution in [0.3, 0.4) is 0 Å². The molecule has 2 aromatic carbocycles. The minimum Gasteiger partial charge on any atom is -0.495 e. The summed E-state index contributed by atoms with van der Waals surface area (Å²) in [6, 6.07) is 18.1. The minimum absolute atomic E-state index is 0.538. The lowest BCUT2D eigenvalue weighted by Gasteiger charge is -2.22. The van der Waals surface area contributed by atoms with Crippen molar-refractivity contribution in [1.82, 2.24) is 9.97 Å². The third-order valence-corrected chi connectivity index (χ3v) is 3.90. The van der Waals surface area contributed by atoms with Crippen LogP contribution in [-0.4, -0.2) is 23.6 Å². The average molecular weight is 334 g/mol. The van der Waals surface area contributed by atoms with E-state index in [1.165, 1.54) is 0 Å². The van der Waals surface area contributed by atoms with Crippen molar-refractivity contribution in [2.75, 3.05) is 23.9 Å². The zero-order chi connectivity index (χ0) is 17.6. The Kier molecular flexibility index (Phi) is 5.14. The van der Waals surface area contributed by atoms with Crippen LogP contribution in [0.25, 0.3) is 0 Å². The first-order valence-corrected chi connectivity index (χ1v) is 8.28. The molecule has 0 spiro atoms. The number of rotatable bonds is 6. The lowest BCUT2D eigenvalue weighted by Crippen LogP contribution is -2.17. The van der Waals surface area contributed by atoms with E-state index in [0.717, 1.165) is 35.1 Å². The predicted molar refractivity (Wildman–Crippen MR) is 102 cm³/mol. The molecule has 1 aromatic heterocycles. The summed E-state index contributed by atoms with van der Waals surface area (Å²) in [4.78, 5) is 11.2. The molecule has 3 rings (SSSR count). The number of aryl methyl sites for hydroxylation is 1. The SMILES string of the molecule is CCN(c1ccccc1)c1ccnc(Nc2cc(C)ccc2OC)n1. The molecule has 3 aromatic rings. The number of benzene rings is 2.